The summed E-state index contributed by atoms with van der Waals surface area (Å²) in [4.78, 5) is 15.7. The van der Waals surface area contributed by atoms with E-state index in [2.05, 4.69) is 4.98 Å². The third-order valence-electron chi connectivity index (χ3n) is 3.45. The first-order valence-corrected chi connectivity index (χ1v) is 6.25. The molecule has 0 saturated heterocycles. The van der Waals surface area contributed by atoms with Crippen molar-refractivity contribution in [2.45, 2.75) is 25.3 Å². The van der Waals surface area contributed by atoms with Gasteiger partial charge in [-0.15, -0.1) is 0 Å². The normalized spacial score (nSPS) is 18.0. The number of nitrogens with zero attached hydrogens (tertiary/aromatic N) is 2. The van der Waals surface area contributed by atoms with Crippen LogP contribution in [0, 0.1) is 0 Å². The first-order chi connectivity index (χ1) is 9.15. The fraction of sp³-hybridized carbons (Fsp3) is 0.286. The Labute approximate surface area is 110 Å². The van der Waals surface area contributed by atoms with Crippen LogP contribution in [0.1, 0.15) is 24.7 Å². The number of aliphatic carboxylic acids is 1. The maximum Gasteiger partial charge on any atom is 0.326 e. The Morgan fingerprint density at radius 3 is 3.00 bits per heavy atom. The molecule has 3 rings (SSSR count). The number of carboxylic acids is 1. The number of rotatable bonds is 2. The Kier molecular flexibility index (Phi) is 2.74. The number of benzene rings is 1. The van der Waals surface area contributed by atoms with Crippen LogP contribution in [0.5, 0.6) is 5.75 Å². The van der Waals surface area contributed by atoms with E-state index in [0.717, 1.165) is 24.2 Å². The number of aryl methyl sites for hydroxylation is 1. The van der Waals surface area contributed by atoms with Crippen LogP contribution in [-0.4, -0.2) is 25.7 Å². The molecule has 1 aromatic carbocycles. The van der Waals surface area contributed by atoms with Gasteiger partial charge in [0.2, 0.25) is 0 Å². The van der Waals surface area contributed by atoms with Gasteiger partial charge in [-0.2, -0.15) is 0 Å². The number of aromatic hydroxyl groups is 1. The Morgan fingerprint density at radius 2 is 2.26 bits per heavy atom. The lowest BCUT2D eigenvalue weighted by molar-refractivity contribution is -0.141. The van der Waals surface area contributed by atoms with Crippen molar-refractivity contribution in [1.82, 2.24) is 9.55 Å². The van der Waals surface area contributed by atoms with Gasteiger partial charge in [-0.05, 0) is 25.0 Å². The summed E-state index contributed by atoms with van der Waals surface area (Å²) >= 11 is 0. The van der Waals surface area contributed by atoms with Crippen LogP contribution in [-0.2, 0) is 11.2 Å². The van der Waals surface area contributed by atoms with Crippen LogP contribution in [0.4, 0.5) is 0 Å². The summed E-state index contributed by atoms with van der Waals surface area (Å²) in [5.74, 6) is 0.163. The van der Waals surface area contributed by atoms with Crippen molar-refractivity contribution in [3.8, 4) is 17.0 Å². The van der Waals surface area contributed by atoms with Gasteiger partial charge in [0.25, 0.3) is 0 Å². The van der Waals surface area contributed by atoms with Crippen LogP contribution in [0.15, 0.2) is 30.5 Å². The molecule has 1 unspecified atom stereocenters. The average Bonchev–Trinajstić information content (AvgIpc) is 2.82. The fourth-order valence-electron chi connectivity index (χ4n) is 2.53. The zero-order valence-electron chi connectivity index (χ0n) is 10.3. The van der Waals surface area contributed by atoms with Crippen molar-refractivity contribution >= 4 is 5.97 Å². The molecule has 1 aliphatic rings. The predicted octanol–water partition coefficient (Wildman–Crippen LogP) is 2.22. The Bertz CT molecular complexity index is 633. The van der Waals surface area contributed by atoms with Crippen molar-refractivity contribution < 1.29 is 15.0 Å². The van der Waals surface area contributed by atoms with E-state index in [9.17, 15) is 15.0 Å². The third kappa shape index (κ3) is 2.07. The number of hydrogen-bond acceptors (Lipinski definition) is 3. The highest BCUT2D eigenvalue weighted by molar-refractivity contribution is 5.72. The SMILES string of the molecule is O=C(O)C1CCCc2nc(-c3cccc(O)c3)cn21. The number of carboxylic acid groups (broad SMARTS) is 1. The maximum absolute atomic E-state index is 11.2. The highest BCUT2D eigenvalue weighted by Crippen LogP contribution is 2.29. The van der Waals surface area contributed by atoms with Crippen molar-refractivity contribution in [2.24, 2.45) is 0 Å². The van der Waals surface area contributed by atoms with Gasteiger partial charge in [-0.3, -0.25) is 0 Å². The summed E-state index contributed by atoms with van der Waals surface area (Å²) in [5.41, 5.74) is 1.50. The number of fused-ring (bicyclic) bond motifs is 1. The zero-order valence-corrected chi connectivity index (χ0v) is 10.3. The molecule has 0 amide bonds. The fourth-order valence-corrected chi connectivity index (χ4v) is 2.53. The Balaban J connectivity index is 2.04. The second-order valence-electron chi connectivity index (χ2n) is 4.75. The van der Waals surface area contributed by atoms with Crippen molar-refractivity contribution in [3.05, 3.63) is 36.3 Å². The van der Waals surface area contributed by atoms with Gasteiger partial charge in [0.15, 0.2) is 0 Å². The molecule has 19 heavy (non-hydrogen) atoms. The highest BCUT2D eigenvalue weighted by atomic mass is 16.4. The van der Waals surface area contributed by atoms with Crippen LogP contribution >= 0.6 is 0 Å². The minimum atomic E-state index is -0.819. The number of aromatic nitrogens is 2. The molecule has 98 valence electrons. The topological polar surface area (TPSA) is 75.3 Å². The van der Waals surface area contributed by atoms with Crippen molar-refractivity contribution in [1.29, 1.82) is 0 Å². The quantitative estimate of drug-likeness (QED) is 0.866. The highest BCUT2D eigenvalue weighted by Gasteiger charge is 2.27. The van der Waals surface area contributed by atoms with E-state index in [0.29, 0.717) is 12.1 Å². The lowest BCUT2D eigenvalue weighted by atomic mass is 10.1. The third-order valence-corrected chi connectivity index (χ3v) is 3.45. The second kappa shape index (κ2) is 4.42. The smallest absolute Gasteiger partial charge is 0.326 e. The van der Waals surface area contributed by atoms with Gasteiger partial charge in [-0.25, -0.2) is 9.78 Å². The first kappa shape index (κ1) is 11.8. The van der Waals surface area contributed by atoms with Gasteiger partial charge >= 0.3 is 5.97 Å². The second-order valence-corrected chi connectivity index (χ2v) is 4.75. The minimum Gasteiger partial charge on any atom is -0.508 e. The average molecular weight is 258 g/mol. The summed E-state index contributed by atoms with van der Waals surface area (Å²) in [6.45, 7) is 0. The number of phenolic OH excluding ortho intramolecular Hbond substituents is 1. The molecule has 0 saturated carbocycles. The first-order valence-electron chi connectivity index (χ1n) is 6.25. The Morgan fingerprint density at radius 1 is 1.42 bits per heavy atom. The van der Waals surface area contributed by atoms with Crippen LogP contribution in [0.2, 0.25) is 0 Å². The number of hydrogen-bond donors (Lipinski definition) is 2. The molecule has 0 radical (unpaired) electrons. The number of phenols is 1. The molecular weight excluding hydrogens is 244 g/mol. The van der Waals surface area contributed by atoms with E-state index < -0.39 is 12.0 Å². The van der Waals surface area contributed by atoms with Gasteiger partial charge in [0, 0.05) is 18.2 Å². The van der Waals surface area contributed by atoms with E-state index >= 15 is 0 Å². The molecular formula is C14H14N2O3. The van der Waals surface area contributed by atoms with Crippen LogP contribution in [0.25, 0.3) is 11.3 Å². The summed E-state index contributed by atoms with van der Waals surface area (Å²) in [5, 5.41) is 18.7. The lowest BCUT2D eigenvalue weighted by Crippen LogP contribution is -2.24. The van der Waals surface area contributed by atoms with Crippen LogP contribution < -0.4 is 0 Å². The van der Waals surface area contributed by atoms with Crippen LogP contribution in [0.3, 0.4) is 0 Å². The largest absolute Gasteiger partial charge is 0.508 e. The predicted molar refractivity (Wildman–Crippen MR) is 68.9 cm³/mol. The molecule has 0 spiro atoms. The van der Waals surface area contributed by atoms with E-state index in [1.165, 1.54) is 0 Å². The molecule has 2 N–H and O–H groups in total. The molecule has 1 atom stereocenters. The molecule has 1 aromatic heterocycles. The Hall–Kier alpha value is -2.30. The van der Waals surface area contributed by atoms with E-state index in [1.54, 1.807) is 29.0 Å². The molecule has 2 aromatic rings. The molecule has 0 bridgehead atoms. The molecule has 0 fully saturated rings. The van der Waals surface area contributed by atoms with Gasteiger partial charge in [0.05, 0.1) is 5.69 Å². The summed E-state index contributed by atoms with van der Waals surface area (Å²) in [6.07, 6.45) is 4.04. The lowest BCUT2D eigenvalue weighted by Gasteiger charge is -2.20. The summed E-state index contributed by atoms with van der Waals surface area (Å²) < 4.78 is 1.74. The molecule has 2 heterocycles. The standard InChI is InChI=1S/C14H14N2O3/c17-10-4-1-3-9(7-10)11-8-16-12(14(18)19)5-2-6-13(16)15-11/h1,3-4,7-8,12,17H,2,5-6H2,(H,18,19). The van der Waals surface area contributed by atoms with E-state index in [1.807, 2.05) is 6.07 Å². The van der Waals surface area contributed by atoms with E-state index in [4.69, 9.17) is 0 Å². The molecule has 5 heteroatoms. The van der Waals surface area contributed by atoms with Crippen molar-refractivity contribution in [3.63, 3.8) is 0 Å². The van der Waals surface area contributed by atoms with Gasteiger partial charge in [0.1, 0.15) is 17.6 Å². The number of imidazole rings is 1. The number of carbonyl (C=O) groups is 1. The zero-order chi connectivity index (χ0) is 13.4. The minimum absolute atomic E-state index is 0.179. The molecule has 1 aliphatic heterocycles. The molecule has 0 aliphatic carbocycles. The van der Waals surface area contributed by atoms with Gasteiger partial charge in [-0.1, -0.05) is 12.1 Å². The van der Waals surface area contributed by atoms with E-state index in [-0.39, 0.29) is 5.75 Å². The maximum atomic E-state index is 11.2. The summed E-state index contributed by atoms with van der Waals surface area (Å²) in [7, 11) is 0. The van der Waals surface area contributed by atoms with Crippen molar-refractivity contribution in [2.75, 3.05) is 0 Å². The monoisotopic (exact) mass is 258 g/mol. The van der Waals surface area contributed by atoms with Gasteiger partial charge < -0.3 is 14.8 Å². The molecule has 5 nitrogen and oxygen atoms in total. The summed E-state index contributed by atoms with van der Waals surface area (Å²) in [6, 6.07) is 6.30.